The zero-order valence-corrected chi connectivity index (χ0v) is 11.6. The molecule has 0 aromatic heterocycles. The van der Waals surface area contributed by atoms with Crippen LogP contribution >= 0.6 is 0 Å². The molecule has 1 saturated carbocycles. The van der Waals surface area contributed by atoms with Crippen LogP contribution in [-0.2, 0) is 6.54 Å². The van der Waals surface area contributed by atoms with Crippen molar-refractivity contribution in [2.75, 3.05) is 13.2 Å². The first kappa shape index (κ1) is 15.4. The Bertz CT molecular complexity index is 542. The van der Waals surface area contributed by atoms with Gasteiger partial charge in [0.1, 0.15) is 5.56 Å². The summed E-state index contributed by atoms with van der Waals surface area (Å²) in [4.78, 5) is 23.7. The molecule has 0 amide bonds. The number of aliphatic hydroxyl groups is 1. The van der Waals surface area contributed by atoms with E-state index in [-0.39, 0.29) is 12.2 Å². The molecule has 1 aromatic carbocycles. The van der Waals surface area contributed by atoms with Crippen LogP contribution in [0.3, 0.4) is 0 Å². The predicted molar refractivity (Wildman–Crippen MR) is 75.2 cm³/mol. The Balaban J connectivity index is 2.31. The number of carboxylic acid groups (broad SMARTS) is 1. The predicted octanol–water partition coefficient (Wildman–Crippen LogP) is 1.64. The van der Waals surface area contributed by atoms with E-state index in [1.54, 1.807) is 6.07 Å². The number of nitrogens with zero attached hydrogens (tertiary/aromatic N) is 2. The Morgan fingerprint density at radius 2 is 2.14 bits per heavy atom. The van der Waals surface area contributed by atoms with Gasteiger partial charge in [0.05, 0.1) is 11.5 Å². The summed E-state index contributed by atoms with van der Waals surface area (Å²) in [6, 6.07) is 4.61. The fourth-order valence-corrected chi connectivity index (χ4v) is 2.61. The van der Waals surface area contributed by atoms with Gasteiger partial charge in [0, 0.05) is 25.2 Å². The average Bonchev–Trinajstić information content (AvgIpc) is 2.36. The van der Waals surface area contributed by atoms with Gasteiger partial charge in [-0.2, -0.15) is 0 Å². The lowest BCUT2D eigenvalue weighted by Gasteiger charge is -2.37. The second-order valence-electron chi connectivity index (χ2n) is 5.15. The quantitative estimate of drug-likeness (QED) is 0.585. The molecule has 1 fully saturated rings. The van der Waals surface area contributed by atoms with Crippen LogP contribution in [0.15, 0.2) is 18.2 Å². The lowest BCUT2D eigenvalue weighted by molar-refractivity contribution is -0.385. The van der Waals surface area contributed by atoms with Crippen molar-refractivity contribution >= 4 is 11.7 Å². The van der Waals surface area contributed by atoms with Crippen molar-refractivity contribution < 1.29 is 19.9 Å². The maximum absolute atomic E-state index is 11.4. The lowest BCUT2D eigenvalue weighted by atomic mass is 9.90. The van der Waals surface area contributed by atoms with E-state index in [1.165, 1.54) is 12.1 Å². The van der Waals surface area contributed by atoms with Gasteiger partial charge < -0.3 is 10.2 Å². The minimum atomic E-state index is -1.30. The molecule has 0 aliphatic heterocycles. The third-order valence-electron chi connectivity index (χ3n) is 3.89. The van der Waals surface area contributed by atoms with E-state index >= 15 is 0 Å². The Labute approximate surface area is 122 Å². The topological polar surface area (TPSA) is 104 Å². The number of carboxylic acids is 1. The zero-order chi connectivity index (χ0) is 15.4. The SMILES string of the molecule is O=C(O)c1c(CN(CCO)C2CCC2)cccc1[N+](=O)[O-]. The number of carbonyl (C=O) groups is 1. The number of aliphatic hydroxyl groups excluding tert-OH is 1. The number of nitro benzene ring substituents is 1. The van der Waals surface area contributed by atoms with Crippen LogP contribution in [0.25, 0.3) is 0 Å². The molecule has 0 bridgehead atoms. The molecule has 1 aliphatic carbocycles. The smallest absolute Gasteiger partial charge is 0.343 e. The van der Waals surface area contributed by atoms with Crippen molar-refractivity contribution in [1.82, 2.24) is 4.90 Å². The highest BCUT2D eigenvalue weighted by atomic mass is 16.6. The van der Waals surface area contributed by atoms with Crippen LogP contribution < -0.4 is 0 Å². The van der Waals surface area contributed by atoms with Crippen LogP contribution in [0.2, 0.25) is 0 Å². The van der Waals surface area contributed by atoms with E-state index in [4.69, 9.17) is 5.11 Å². The lowest BCUT2D eigenvalue weighted by Crippen LogP contribution is -2.41. The molecular formula is C14H18N2O5. The molecule has 1 aromatic rings. The molecule has 0 spiro atoms. The summed E-state index contributed by atoms with van der Waals surface area (Å²) in [7, 11) is 0. The summed E-state index contributed by atoms with van der Waals surface area (Å²) in [5.74, 6) is -1.30. The molecule has 114 valence electrons. The first-order valence-corrected chi connectivity index (χ1v) is 6.89. The van der Waals surface area contributed by atoms with Gasteiger partial charge in [-0.1, -0.05) is 18.6 Å². The number of nitro groups is 1. The molecule has 1 aliphatic rings. The van der Waals surface area contributed by atoms with Crippen LogP contribution in [0.5, 0.6) is 0 Å². The molecule has 0 heterocycles. The molecule has 2 N–H and O–H groups in total. The number of rotatable bonds is 7. The summed E-state index contributed by atoms with van der Waals surface area (Å²) in [5, 5.41) is 29.4. The molecule has 0 atom stereocenters. The standard InChI is InChI=1S/C14H18N2O5/c17-8-7-15(11-4-2-5-11)9-10-3-1-6-12(16(20)21)13(10)14(18)19/h1,3,6,11,17H,2,4-5,7-9H2,(H,18,19). The zero-order valence-electron chi connectivity index (χ0n) is 11.6. The maximum Gasteiger partial charge on any atom is 0.343 e. The summed E-state index contributed by atoms with van der Waals surface area (Å²) >= 11 is 0. The van der Waals surface area contributed by atoms with Gasteiger partial charge in [0.15, 0.2) is 0 Å². The number of hydrogen-bond acceptors (Lipinski definition) is 5. The highest BCUT2D eigenvalue weighted by molar-refractivity contribution is 5.94. The minimum Gasteiger partial charge on any atom is -0.477 e. The molecule has 2 rings (SSSR count). The monoisotopic (exact) mass is 294 g/mol. The Kier molecular flexibility index (Phi) is 4.87. The fourth-order valence-electron chi connectivity index (χ4n) is 2.61. The second kappa shape index (κ2) is 6.64. The average molecular weight is 294 g/mol. The number of hydrogen-bond donors (Lipinski definition) is 2. The van der Waals surface area contributed by atoms with Crippen molar-refractivity contribution in [1.29, 1.82) is 0 Å². The van der Waals surface area contributed by atoms with Crippen molar-refractivity contribution in [3.05, 3.63) is 39.4 Å². The highest BCUT2D eigenvalue weighted by Crippen LogP contribution is 2.29. The van der Waals surface area contributed by atoms with Gasteiger partial charge in [-0.05, 0) is 18.4 Å². The largest absolute Gasteiger partial charge is 0.477 e. The highest BCUT2D eigenvalue weighted by Gasteiger charge is 2.28. The molecule has 7 nitrogen and oxygen atoms in total. The van der Waals surface area contributed by atoms with E-state index in [0.717, 1.165) is 19.3 Å². The Morgan fingerprint density at radius 3 is 2.62 bits per heavy atom. The summed E-state index contributed by atoms with van der Waals surface area (Å²) in [6.07, 6.45) is 3.14. The van der Waals surface area contributed by atoms with E-state index in [9.17, 15) is 20.0 Å². The number of benzene rings is 1. The van der Waals surface area contributed by atoms with Gasteiger partial charge in [-0.3, -0.25) is 15.0 Å². The van der Waals surface area contributed by atoms with E-state index in [0.29, 0.717) is 24.7 Å². The molecular weight excluding hydrogens is 276 g/mol. The number of aromatic carboxylic acids is 1. The molecule has 0 saturated heterocycles. The minimum absolute atomic E-state index is 0.0200. The van der Waals surface area contributed by atoms with Crippen LogP contribution in [0.1, 0.15) is 35.2 Å². The van der Waals surface area contributed by atoms with E-state index in [2.05, 4.69) is 0 Å². The van der Waals surface area contributed by atoms with E-state index < -0.39 is 16.6 Å². The fraction of sp³-hybridized carbons (Fsp3) is 0.500. The first-order chi connectivity index (χ1) is 10.0. The summed E-state index contributed by atoms with van der Waals surface area (Å²) in [6.45, 7) is 0.717. The van der Waals surface area contributed by atoms with Gasteiger partial charge in [-0.25, -0.2) is 4.79 Å². The van der Waals surface area contributed by atoms with Crippen molar-refractivity contribution in [3.8, 4) is 0 Å². The van der Waals surface area contributed by atoms with Gasteiger partial charge in [0.25, 0.3) is 5.69 Å². The maximum atomic E-state index is 11.4. The van der Waals surface area contributed by atoms with Crippen LogP contribution in [0, 0.1) is 10.1 Å². The van der Waals surface area contributed by atoms with Gasteiger partial charge in [-0.15, -0.1) is 0 Å². The third kappa shape index (κ3) is 3.37. The summed E-state index contributed by atoms with van der Waals surface area (Å²) in [5.41, 5.74) is -0.237. The first-order valence-electron chi connectivity index (χ1n) is 6.89. The molecule has 7 heteroatoms. The van der Waals surface area contributed by atoms with Crippen molar-refractivity contribution in [2.45, 2.75) is 31.8 Å². The van der Waals surface area contributed by atoms with Gasteiger partial charge >= 0.3 is 5.97 Å². The molecule has 0 unspecified atom stereocenters. The second-order valence-corrected chi connectivity index (χ2v) is 5.15. The summed E-state index contributed by atoms with van der Waals surface area (Å²) < 4.78 is 0. The van der Waals surface area contributed by atoms with Crippen LogP contribution in [0.4, 0.5) is 5.69 Å². The van der Waals surface area contributed by atoms with Crippen LogP contribution in [-0.4, -0.2) is 45.2 Å². The Morgan fingerprint density at radius 1 is 1.43 bits per heavy atom. The normalized spacial score (nSPS) is 15.0. The van der Waals surface area contributed by atoms with Crippen molar-refractivity contribution in [3.63, 3.8) is 0 Å². The molecule has 21 heavy (non-hydrogen) atoms. The molecule has 0 radical (unpaired) electrons. The van der Waals surface area contributed by atoms with E-state index in [1.807, 2.05) is 4.90 Å². The Hall–Kier alpha value is -1.99. The third-order valence-corrected chi connectivity index (χ3v) is 3.89. The van der Waals surface area contributed by atoms with Crippen molar-refractivity contribution in [2.24, 2.45) is 0 Å². The van der Waals surface area contributed by atoms with Gasteiger partial charge in [0.2, 0.25) is 0 Å².